The van der Waals surface area contributed by atoms with Crippen molar-refractivity contribution >= 4 is 5.91 Å². The molecule has 0 unspecified atom stereocenters. The number of carbonyl (C=O) groups is 1. The molecule has 0 aromatic rings. The first-order valence-corrected chi connectivity index (χ1v) is 5.96. The highest BCUT2D eigenvalue weighted by molar-refractivity contribution is 5.75. The molecule has 2 nitrogen and oxygen atoms in total. The van der Waals surface area contributed by atoms with Gasteiger partial charge in [-0.25, -0.2) is 0 Å². The summed E-state index contributed by atoms with van der Waals surface area (Å²) in [5.74, 6) is 0.286. The van der Waals surface area contributed by atoms with E-state index in [1.54, 1.807) is 0 Å². The molecule has 14 heavy (non-hydrogen) atoms. The van der Waals surface area contributed by atoms with E-state index in [4.69, 9.17) is 0 Å². The Labute approximate surface area is 89.7 Å². The summed E-state index contributed by atoms with van der Waals surface area (Å²) in [5, 5.41) is 0. The number of nitrogens with zero attached hydrogens (tertiary/aromatic N) is 1. The summed E-state index contributed by atoms with van der Waals surface area (Å²) in [5.41, 5.74) is 0. The average molecular weight is 201 g/mol. The van der Waals surface area contributed by atoms with Crippen molar-refractivity contribution < 1.29 is 4.79 Å². The van der Waals surface area contributed by atoms with Gasteiger partial charge in [-0.1, -0.05) is 40.5 Å². The summed E-state index contributed by atoms with van der Waals surface area (Å²) in [4.78, 5) is 13.1. The fourth-order valence-electron chi connectivity index (χ4n) is 1.13. The van der Waals surface area contributed by atoms with Crippen molar-refractivity contribution in [2.45, 2.75) is 59.8 Å². The largest absolute Gasteiger partial charge is 0.346 e. The minimum absolute atomic E-state index is 0.286. The summed E-state index contributed by atoms with van der Waals surface area (Å²) < 4.78 is 0. The van der Waals surface area contributed by atoms with Crippen LogP contribution in [-0.4, -0.2) is 24.4 Å². The molecule has 0 rings (SSSR count). The molecule has 0 atom stereocenters. The third-order valence-corrected chi connectivity index (χ3v) is 1.99. The van der Waals surface area contributed by atoms with Gasteiger partial charge in [0.15, 0.2) is 0 Å². The molecule has 0 radical (unpaired) electrons. The van der Waals surface area contributed by atoms with Crippen LogP contribution in [0.25, 0.3) is 0 Å². The van der Waals surface area contributed by atoms with Crippen molar-refractivity contribution in [2.24, 2.45) is 0 Å². The van der Waals surface area contributed by atoms with E-state index in [1.807, 2.05) is 32.7 Å². The Morgan fingerprint density at radius 2 is 1.64 bits per heavy atom. The van der Waals surface area contributed by atoms with Gasteiger partial charge < -0.3 is 4.90 Å². The molecule has 0 saturated carbocycles. The summed E-state index contributed by atoms with van der Waals surface area (Å²) in [7, 11) is 1.90. The van der Waals surface area contributed by atoms with Crippen LogP contribution in [0.2, 0.25) is 0 Å². The molecule has 0 heterocycles. The molecular weight excluding hydrogens is 174 g/mol. The Kier molecular flexibility index (Phi) is 14.2. The van der Waals surface area contributed by atoms with Crippen molar-refractivity contribution in [1.29, 1.82) is 0 Å². The van der Waals surface area contributed by atoms with Crippen molar-refractivity contribution in [3.8, 4) is 0 Å². The van der Waals surface area contributed by atoms with Gasteiger partial charge in [0.05, 0.1) is 0 Å². The second-order valence-electron chi connectivity index (χ2n) is 3.27. The number of carbonyl (C=O) groups excluding carboxylic acids is 1. The van der Waals surface area contributed by atoms with E-state index in [2.05, 4.69) is 6.92 Å². The Bertz CT molecular complexity index is 123. The lowest BCUT2D eigenvalue weighted by molar-refractivity contribution is -0.129. The topological polar surface area (TPSA) is 20.3 Å². The fraction of sp³-hybridized carbons (Fsp3) is 0.917. The van der Waals surface area contributed by atoms with E-state index in [0.29, 0.717) is 6.42 Å². The molecule has 86 valence electrons. The molecule has 0 aliphatic heterocycles. The van der Waals surface area contributed by atoms with Gasteiger partial charge in [0, 0.05) is 20.0 Å². The predicted molar refractivity (Wildman–Crippen MR) is 63.4 cm³/mol. The molecule has 0 aliphatic carbocycles. The molecule has 0 spiro atoms. The maximum atomic E-state index is 11.3. The van der Waals surface area contributed by atoms with Crippen molar-refractivity contribution in [3.05, 3.63) is 0 Å². The quantitative estimate of drug-likeness (QED) is 0.603. The summed E-state index contributed by atoms with van der Waals surface area (Å²) in [6.45, 7) is 9.14. The third-order valence-electron chi connectivity index (χ3n) is 1.99. The molecule has 0 aromatic heterocycles. The Morgan fingerprint density at radius 3 is 2.07 bits per heavy atom. The smallest absolute Gasteiger partial charge is 0.222 e. The maximum Gasteiger partial charge on any atom is 0.222 e. The van der Waals surface area contributed by atoms with Crippen LogP contribution in [0.1, 0.15) is 59.8 Å². The van der Waals surface area contributed by atoms with E-state index < -0.39 is 0 Å². The van der Waals surface area contributed by atoms with Crippen molar-refractivity contribution in [3.63, 3.8) is 0 Å². The zero-order valence-electron chi connectivity index (χ0n) is 10.6. The van der Waals surface area contributed by atoms with Gasteiger partial charge in [-0.3, -0.25) is 4.79 Å². The lowest BCUT2D eigenvalue weighted by atomic mass is 10.2. The molecule has 0 aromatic carbocycles. The van der Waals surface area contributed by atoms with Crippen LogP contribution in [0.4, 0.5) is 0 Å². The fourth-order valence-corrected chi connectivity index (χ4v) is 1.13. The van der Waals surface area contributed by atoms with Gasteiger partial charge in [-0.2, -0.15) is 0 Å². The SMILES string of the molecule is CC.CCCCCN(C)C(=O)CCC. The highest BCUT2D eigenvalue weighted by atomic mass is 16.2. The van der Waals surface area contributed by atoms with E-state index in [1.165, 1.54) is 12.8 Å². The Balaban J connectivity index is 0. The highest BCUT2D eigenvalue weighted by Gasteiger charge is 2.05. The Hall–Kier alpha value is -0.530. The molecule has 0 N–H and O–H groups in total. The lowest BCUT2D eigenvalue weighted by Gasteiger charge is -2.16. The number of hydrogen-bond donors (Lipinski definition) is 0. The Morgan fingerprint density at radius 1 is 1.07 bits per heavy atom. The van der Waals surface area contributed by atoms with Crippen molar-refractivity contribution in [1.82, 2.24) is 4.90 Å². The molecule has 1 amide bonds. The average Bonchev–Trinajstić information content (AvgIpc) is 2.21. The number of rotatable bonds is 6. The van der Waals surface area contributed by atoms with Crippen molar-refractivity contribution in [2.75, 3.05) is 13.6 Å². The maximum absolute atomic E-state index is 11.3. The lowest BCUT2D eigenvalue weighted by Crippen LogP contribution is -2.27. The summed E-state index contributed by atoms with van der Waals surface area (Å²) >= 11 is 0. The standard InChI is InChI=1S/C10H21NO.C2H6/c1-4-6-7-9-11(3)10(12)8-5-2;1-2/h4-9H2,1-3H3;1-2H3. The number of hydrogen-bond acceptors (Lipinski definition) is 1. The zero-order valence-corrected chi connectivity index (χ0v) is 10.6. The van der Waals surface area contributed by atoms with Crippen LogP contribution in [0.3, 0.4) is 0 Å². The zero-order chi connectivity index (χ0) is 11.4. The molecule has 0 aliphatic rings. The summed E-state index contributed by atoms with van der Waals surface area (Å²) in [6, 6.07) is 0. The molecule has 0 fully saturated rings. The first-order chi connectivity index (χ1) is 6.72. The second kappa shape index (κ2) is 12.5. The van der Waals surface area contributed by atoms with Gasteiger partial charge in [0.25, 0.3) is 0 Å². The van der Waals surface area contributed by atoms with Crippen LogP contribution in [0.5, 0.6) is 0 Å². The van der Waals surface area contributed by atoms with Gasteiger partial charge in [-0.15, -0.1) is 0 Å². The molecular formula is C12H27NO. The second-order valence-corrected chi connectivity index (χ2v) is 3.27. The van der Waals surface area contributed by atoms with Gasteiger partial charge in [-0.05, 0) is 12.8 Å². The predicted octanol–water partition coefficient (Wildman–Crippen LogP) is 3.46. The van der Waals surface area contributed by atoms with E-state index >= 15 is 0 Å². The molecule has 2 heteroatoms. The van der Waals surface area contributed by atoms with Crippen LogP contribution in [0, 0.1) is 0 Å². The van der Waals surface area contributed by atoms with Crippen LogP contribution >= 0.6 is 0 Å². The molecule has 0 saturated heterocycles. The highest BCUT2D eigenvalue weighted by Crippen LogP contribution is 1.99. The normalized spacial score (nSPS) is 8.93. The molecule has 0 bridgehead atoms. The van der Waals surface area contributed by atoms with E-state index in [-0.39, 0.29) is 5.91 Å². The minimum Gasteiger partial charge on any atom is -0.346 e. The first-order valence-electron chi connectivity index (χ1n) is 5.96. The monoisotopic (exact) mass is 201 g/mol. The van der Waals surface area contributed by atoms with Crippen LogP contribution < -0.4 is 0 Å². The van der Waals surface area contributed by atoms with Gasteiger partial charge in [0.2, 0.25) is 5.91 Å². The number of amides is 1. The van der Waals surface area contributed by atoms with E-state index in [0.717, 1.165) is 19.4 Å². The summed E-state index contributed by atoms with van der Waals surface area (Å²) in [6.07, 6.45) is 5.24. The number of unbranched alkanes of at least 4 members (excludes halogenated alkanes) is 2. The van der Waals surface area contributed by atoms with Crippen LogP contribution in [0.15, 0.2) is 0 Å². The van der Waals surface area contributed by atoms with Crippen LogP contribution in [-0.2, 0) is 4.79 Å². The third kappa shape index (κ3) is 9.56. The van der Waals surface area contributed by atoms with Gasteiger partial charge >= 0.3 is 0 Å². The van der Waals surface area contributed by atoms with E-state index in [9.17, 15) is 4.79 Å². The minimum atomic E-state index is 0.286. The van der Waals surface area contributed by atoms with Gasteiger partial charge in [0.1, 0.15) is 0 Å². The first kappa shape index (κ1) is 15.9.